The van der Waals surface area contributed by atoms with E-state index in [-0.39, 0.29) is 0 Å². The molecule has 0 spiro atoms. The van der Waals surface area contributed by atoms with Gasteiger partial charge in [-0.05, 0) is 6.08 Å². The van der Waals surface area contributed by atoms with Crippen molar-refractivity contribution in [1.29, 1.82) is 0 Å². The van der Waals surface area contributed by atoms with Crippen molar-refractivity contribution in [1.82, 2.24) is 9.55 Å². The smallest absolute Gasteiger partial charge is 0.361 e. The highest BCUT2D eigenvalue weighted by Gasteiger charge is 2.39. The number of hydrogen-bond donors (Lipinski definition) is 5. The van der Waals surface area contributed by atoms with E-state index >= 15 is 0 Å². The van der Waals surface area contributed by atoms with Crippen molar-refractivity contribution >= 4 is 7.60 Å². The van der Waals surface area contributed by atoms with Crippen LogP contribution in [-0.4, -0.2) is 41.5 Å². The second kappa shape index (κ2) is 5.00. The summed E-state index contributed by atoms with van der Waals surface area (Å²) in [6.07, 6.45) is -0.827. The number of aliphatic hydroxyl groups is 2. The van der Waals surface area contributed by atoms with E-state index in [4.69, 9.17) is 14.5 Å². The molecule has 0 amide bonds. The fourth-order valence-corrected chi connectivity index (χ4v) is 2.14. The molecule has 1 aliphatic heterocycles. The van der Waals surface area contributed by atoms with Crippen molar-refractivity contribution < 1.29 is 29.3 Å². The van der Waals surface area contributed by atoms with Crippen LogP contribution in [0.5, 0.6) is 0 Å². The zero-order valence-corrected chi connectivity index (χ0v) is 10.7. The lowest BCUT2D eigenvalue weighted by molar-refractivity contribution is -0.0158. The normalized spacial score (nSPS) is 24.1. The lowest BCUT2D eigenvalue weighted by atomic mass is 10.3. The molecule has 20 heavy (non-hydrogen) atoms. The Morgan fingerprint density at radius 2 is 2.05 bits per heavy atom. The SMILES string of the molecule is O=c1ccn([C@@H]2OC(C(O)P(=O)(O)O)=C[C@H]2O)c(=O)[nH]1. The molecule has 2 heterocycles. The van der Waals surface area contributed by atoms with Gasteiger partial charge in [-0.1, -0.05) is 0 Å². The lowest BCUT2D eigenvalue weighted by Crippen LogP contribution is -2.35. The van der Waals surface area contributed by atoms with Gasteiger partial charge < -0.3 is 24.7 Å². The second-order valence-electron chi connectivity index (χ2n) is 4.05. The van der Waals surface area contributed by atoms with E-state index in [1.165, 1.54) is 0 Å². The van der Waals surface area contributed by atoms with Gasteiger partial charge in [-0.25, -0.2) is 4.79 Å². The highest BCUT2D eigenvalue weighted by Crippen LogP contribution is 2.46. The minimum absolute atomic E-state index is 0.547. The van der Waals surface area contributed by atoms with Crippen molar-refractivity contribution in [2.45, 2.75) is 18.2 Å². The Bertz CT molecular complexity index is 700. The molecule has 0 aliphatic carbocycles. The Morgan fingerprint density at radius 1 is 1.40 bits per heavy atom. The number of aliphatic hydroxyl groups excluding tert-OH is 2. The Kier molecular flexibility index (Phi) is 3.67. The molecule has 11 heteroatoms. The van der Waals surface area contributed by atoms with Crippen LogP contribution >= 0.6 is 7.60 Å². The quantitative estimate of drug-likeness (QED) is 0.393. The van der Waals surface area contributed by atoms with Gasteiger partial charge in [-0.15, -0.1) is 0 Å². The molecule has 0 radical (unpaired) electrons. The molecule has 1 aromatic rings. The van der Waals surface area contributed by atoms with E-state index in [9.17, 15) is 24.4 Å². The maximum absolute atomic E-state index is 11.5. The van der Waals surface area contributed by atoms with Gasteiger partial charge in [0.05, 0.1) is 0 Å². The van der Waals surface area contributed by atoms with E-state index in [0.717, 1.165) is 22.9 Å². The van der Waals surface area contributed by atoms with Gasteiger partial charge in [-0.2, -0.15) is 0 Å². The Labute approximate surface area is 110 Å². The van der Waals surface area contributed by atoms with E-state index in [1.54, 1.807) is 0 Å². The van der Waals surface area contributed by atoms with Crippen molar-refractivity contribution in [3.05, 3.63) is 44.9 Å². The summed E-state index contributed by atoms with van der Waals surface area (Å²) in [5, 5.41) is 19.1. The van der Waals surface area contributed by atoms with Gasteiger partial charge in [-0.3, -0.25) is 18.9 Å². The number of H-pyrrole nitrogens is 1. The average Bonchev–Trinajstić information content (AvgIpc) is 2.69. The second-order valence-corrected chi connectivity index (χ2v) is 5.72. The van der Waals surface area contributed by atoms with Crippen LogP contribution in [0.2, 0.25) is 0 Å². The topological polar surface area (TPSA) is 162 Å². The predicted molar refractivity (Wildman–Crippen MR) is 63.6 cm³/mol. The van der Waals surface area contributed by atoms with E-state index in [1.807, 2.05) is 4.98 Å². The molecule has 10 nitrogen and oxygen atoms in total. The number of ether oxygens (including phenoxy) is 1. The van der Waals surface area contributed by atoms with Crippen molar-refractivity contribution in [2.24, 2.45) is 0 Å². The number of aromatic nitrogens is 2. The van der Waals surface area contributed by atoms with E-state index < -0.39 is 42.8 Å². The van der Waals surface area contributed by atoms with Gasteiger partial charge in [0, 0.05) is 12.3 Å². The molecule has 1 aliphatic rings. The summed E-state index contributed by atoms with van der Waals surface area (Å²) < 4.78 is 16.7. The van der Waals surface area contributed by atoms with Crippen molar-refractivity contribution in [3.8, 4) is 0 Å². The highest BCUT2D eigenvalue weighted by molar-refractivity contribution is 7.52. The molecule has 0 saturated heterocycles. The van der Waals surface area contributed by atoms with Crippen LogP contribution < -0.4 is 11.2 Å². The maximum Gasteiger partial charge on any atom is 0.361 e. The van der Waals surface area contributed by atoms with E-state index in [0.29, 0.717) is 0 Å². The van der Waals surface area contributed by atoms with Crippen LogP contribution in [0.4, 0.5) is 0 Å². The van der Waals surface area contributed by atoms with Gasteiger partial charge in [0.15, 0.2) is 0 Å². The molecule has 0 bridgehead atoms. The highest BCUT2D eigenvalue weighted by atomic mass is 31.2. The molecular formula is C9H11N2O8P. The number of nitrogens with one attached hydrogen (secondary N) is 1. The summed E-state index contributed by atoms with van der Waals surface area (Å²) in [6, 6.07) is 1.01. The molecule has 2 rings (SSSR count). The van der Waals surface area contributed by atoms with Gasteiger partial charge in [0.25, 0.3) is 5.56 Å². The zero-order chi connectivity index (χ0) is 15.1. The van der Waals surface area contributed by atoms with Gasteiger partial charge in [0.2, 0.25) is 12.1 Å². The molecule has 110 valence electrons. The van der Waals surface area contributed by atoms with Crippen LogP contribution in [0.3, 0.4) is 0 Å². The third kappa shape index (κ3) is 2.74. The van der Waals surface area contributed by atoms with Crippen molar-refractivity contribution in [3.63, 3.8) is 0 Å². The number of hydrogen-bond acceptors (Lipinski definition) is 6. The minimum Gasteiger partial charge on any atom is -0.468 e. The molecule has 3 atom stereocenters. The average molecular weight is 306 g/mol. The summed E-state index contributed by atoms with van der Waals surface area (Å²) in [5.74, 6) is -2.78. The number of aromatic amines is 1. The Morgan fingerprint density at radius 3 is 2.60 bits per heavy atom. The van der Waals surface area contributed by atoms with Crippen LogP contribution in [0.1, 0.15) is 6.23 Å². The van der Waals surface area contributed by atoms with Crippen molar-refractivity contribution in [2.75, 3.05) is 0 Å². The lowest BCUT2D eigenvalue weighted by Gasteiger charge is -2.19. The maximum atomic E-state index is 11.5. The molecular weight excluding hydrogens is 295 g/mol. The molecule has 1 unspecified atom stereocenters. The molecule has 0 fully saturated rings. The molecule has 1 aromatic heterocycles. The Balaban J connectivity index is 2.29. The molecule has 0 aromatic carbocycles. The van der Waals surface area contributed by atoms with Crippen LogP contribution in [-0.2, 0) is 9.30 Å². The molecule has 0 saturated carbocycles. The monoisotopic (exact) mass is 306 g/mol. The fraction of sp³-hybridized carbons (Fsp3) is 0.333. The van der Waals surface area contributed by atoms with Crippen LogP contribution in [0.25, 0.3) is 0 Å². The van der Waals surface area contributed by atoms with Gasteiger partial charge in [0.1, 0.15) is 11.9 Å². The van der Waals surface area contributed by atoms with E-state index in [2.05, 4.69) is 0 Å². The predicted octanol–water partition coefficient (Wildman–Crippen LogP) is -2.19. The first kappa shape index (κ1) is 14.7. The summed E-state index contributed by atoms with van der Waals surface area (Å²) >= 11 is 0. The number of rotatable bonds is 3. The third-order valence-corrected chi connectivity index (χ3v) is 3.47. The summed E-state index contributed by atoms with van der Waals surface area (Å²) in [6.45, 7) is 0. The summed E-state index contributed by atoms with van der Waals surface area (Å²) in [7, 11) is -4.86. The first-order valence-electron chi connectivity index (χ1n) is 5.31. The largest absolute Gasteiger partial charge is 0.468 e. The summed E-state index contributed by atoms with van der Waals surface area (Å²) in [4.78, 5) is 42.0. The van der Waals surface area contributed by atoms with Crippen LogP contribution in [0.15, 0.2) is 33.7 Å². The summed E-state index contributed by atoms with van der Waals surface area (Å²) in [5.41, 5.74) is -1.52. The number of nitrogens with zero attached hydrogens (tertiary/aromatic N) is 1. The Hall–Kier alpha value is -1.71. The zero-order valence-electron chi connectivity index (χ0n) is 9.78. The third-order valence-electron chi connectivity index (χ3n) is 2.58. The first-order valence-corrected chi connectivity index (χ1v) is 6.99. The molecule has 5 N–H and O–H groups in total. The fourth-order valence-electron chi connectivity index (χ4n) is 1.66. The van der Waals surface area contributed by atoms with Gasteiger partial charge >= 0.3 is 13.3 Å². The first-order chi connectivity index (χ1) is 9.20. The van der Waals surface area contributed by atoms with Crippen LogP contribution in [0, 0.1) is 0 Å². The standard InChI is InChI=1S/C9H11N2O8P/c12-4-3-5(8(14)20(16,17)18)19-7(4)11-2-1-6(13)10-9(11)15/h1-4,7-8,12,14H,(H,10,13,15)(H2,16,17,18)/t4-,7-,8?/m1/s1. The minimum atomic E-state index is -4.86.